The van der Waals surface area contributed by atoms with E-state index in [0.29, 0.717) is 5.54 Å². The number of rotatable bonds is 2. The lowest BCUT2D eigenvalue weighted by molar-refractivity contribution is 0.201. The van der Waals surface area contributed by atoms with Crippen molar-refractivity contribution in [2.75, 3.05) is 19.6 Å². The van der Waals surface area contributed by atoms with Crippen LogP contribution in [0.2, 0.25) is 0 Å². The van der Waals surface area contributed by atoms with E-state index in [1.807, 2.05) is 19.2 Å². The molecule has 1 aromatic rings. The van der Waals surface area contributed by atoms with Crippen molar-refractivity contribution >= 4 is 0 Å². The average Bonchev–Trinajstić information content (AvgIpc) is 2.73. The Morgan fingerprint density at radius 3 is 2.95 bits per heavy atom. The van der Waals surface area contributed by atoms with Gasteiger partial charge in [0, 0.05) is 24.8 Å². The fourth-order valence-electron chi connectivity index (χ4n) is 3.56. The summed E-state index contributed by atoms with van der Waals surface area (Å²) in [7, 11) is 0. The Bertz CT molecular complexity index is 426. The van der Waals surface area contributed by atoms with Crippen molar-refractivity contribution in [3.05, 3.63) is 23.8 Å². The van der Waals surface area contributed by atoms with Gasteiger partial charge in [-0.25, -0.2) is 9.97 Å². The molecule has 1 aliphatic heterocycles. The Kier molecular flexibility index (Phi) is 3.80. The Morgan fingerprint density at radius 2 is 2.16 bits per heavy atom. The number of hydrogen-bond donors (Lipinski definition) is 1. The molecule has 1 N–H and O–H groups in total. The summed E-state index contributed by atoms with van der Waals surface area (Å²) in [5, 5.41) is 3.81. The lowest BCUT2D eigenvalue weighted by atomic mass is 9.97. The minimum atomic E-state index is 0.387. The van der Waals surface area contributed by atoms with Gasteiger partial charge in [-0.05, 0) is 45.3 Å². The standard InChI is InChI=1S/C15H24N4/c1-13-16-9-5-14(18-13)11-19-10-4-8-17-15(12-19)6-2-3-7-15/h5,9,17H,2-4,6-8,10-12H2,1H3. The second-order valence-corrected chi connectivity index (χ2v) is 6.07. The molecule has 2 fully saturated rings. The van der Waals surface area contributed by atoms with Gasteiger partial charge in [0.1, 0.15) is 5.82 Å². The number of aromatic nitrogens is 2. The highest BCUT2D eigenvalue weighted by atomic mass is 15.2. The van der Waals surface area contributed by atoms with Gasteiger partial charge in [0.15, 0.2) is 0 Å². The molecule has 1 aromatic heterocycles. The van der Waals surface area contributed by atoms with E-state index in [2.05, 4.69) is 20.2 Å². The van der Waals surface area contributed by atoms with Gasteiger partial charge >= 0.3 is 0 Å². The van der Waals surface area contributed by atoms with Crippen molar-refractivity contribution in [2.45, 2.75) is 51.1 Å². The van der Waals surface area contributed by atoms with Gasteiger partial charge in [0.25, 0.3) is 0 Å². The van der Waals surface area contributed by atoms with Crippen LogP contribution in [0.4, 0.5) is 0 Å². The summed E-state index contributed by atoms with van der Waals surface area (Å²) in [5.74, 6) is 0.876. The third-order valence-electron chi connectivity index (χ3n) is 4.46. The predicted octanol–water partition coefficient (Wildman–Crippen LogP) is 1.89. The van der Waals surface area contributed by atoms with E-state index >= 15 is 0 Å². The van der Waals surface area contributed by atoms with Crippen molar-refractivity contribution in [2.24, 2.45) is 0 Å². The maximum absolute atomic E-state index is 4.54. The van der Waals surface area contributed by atoms with Crippen LogP contribution >= 0.6 is 0 Å². The first-order valence-corrected chi connectivity index (χ1v) is 7.52. The van der Waals surface area contributed by atoms with Gasteiger partial charge in [0.2, 0.25) is 0 Å². The van der Waals surface area contributed by atoms with Crippen LogP contribution in [-0.4, -0.2) is 40.0 Å². The van der Waals surface area contributed by atoms with Crippen molar-refractivity contribution in [1.29, 1.82) is 0 Å². The zero-order chi connectivity index (χ0) is 13.1. The molecule has 1 spiro atoms. The topological polar surface area (TPSA) is 41.1 Å². The third kappa shape index (κ3) is 3.12. The second kappa shape index (κ2) is 5.55. The summed E-state index contributed by atoms with van der Waals surface area (Å²) in [6.07, 6.45) is 8.56. The fourth-order valence-corrected chi connectivity index (χ4v) is 3.56. The first kappa shape index (κ1) is 13.0. The third-order valence-corrected chi connectivity index (χ3v) is 4.46. The summed E-state index contributed by atoms with van der Waals surface area (Å²) in [4.78, 5) is 11.3. The van der Waals surface area contributed by atoms with Gasteiger partial charge in [-0.1, -0.05) is 12.8 Å². The van der Waals surface area contributed by atoms with Crippen LogP contribution in [-0.2, 0) is 6.54 Å². The summed E-state index contributed by atoms with van der Waals surface area (Å²) < 4.78 is 0. The maximum atomic E-state index is 4.54. The lowest BCUT2D eigenvalue weighted by Crippen LogP contribution is -2.49. The van der Waals surface area contributed by atoms with Crippen LogP contribution < -0.4 is 5.32 Å². The molecule has 3 rings (SSSR count). The van der Waals surface area contributed by atoms with Crippen LogP contribution in [0.1, 0.15) is 43.6 Å². The molecular formula is C15H24N4. The molecule has 0 aromatic carbocycles. The summed E-state index contributed by atoms with van der Waals surface area (Å²) in [6.45, 7) is 6.45. The molecular weight excluding hydrogens is 236 g/mol. The van der Waals surface area contributed by atoms with Crippen LogP contribution in [0.25, 0.3) is 0 Å². The monoisotopic (exact) mass is 260 g/mol. The van der Waals surface area contributed by atoms with Gasteiger partial charge in [-0.3, -0.25) is 4.90 Å². The van der Waals surface area contributed by atoms with Crippen LogP contribution in [0.15, 0.2) is 12.3 Å². The maximum Gasteiger partial charge on any atom is 0.125 e. The molecule has 104 valence electrons. The van der Waals surface area contributed by atoms with Crippen LogP contribution in [0, 0.1) is 6.92 Å². The Morgan fingerprint density at radius 1 is 1.32 bits per heavy atom. The molecule has 1 saturated carbocycles. The van der Waals surface area contributed by atoms with Gasteiger partial charge < -0.3 is 5.32 Å². The van der Waals surface area contributed by atoms with Gasteiger partial charge in [-0.15, -0.1) is 0 Å². The van der Waals surface area contributed by atoms with Crippen molar-refractivity contribution in [3.8, 4) is 0 Å². The molecule has 1 saturated heterocycles. The van der Waals surface area contributed by atoms with E-state index in [9.17, 15) is 0 Å². The normalized spacial score (nSPS) is 23.6. The largest absolute Gasteiger partial charge is 0.310 e. The Hall–Kier alpha value is -1.00. The SMILES string of the molecule is Cc1nccc(CN2CCCNC3(CCCC3)C2)n1. The molecule has 19 heavy (non-hydrogen) atoms. The highest BCUT2D eigenvalue weighted by Crippen LogP contribution is 2.31. The molecule has 2 aliphatic rings. The molecule has 0 unspecified atom stereocenters. The minimum Gasteiger partial charge on any atom is -0.310 e. The van der Waals surface area contributed by atoms with Crippen LogP contribution in [0.5, 0.6) is 0 Å². The van der Waals surface area contributed by atoms with Crippen molar-refractivity contribution < 1.29 is 0 Å². The molecule has 0 bridgehead atoms. The highest BCUT2D eigenvalue weighted by Gasteiger charge is 2.36. The molecule has 0 radical (unpaired) electrons. The van der Waals surface area contributed by atoms with E-state index in [-0.39, 0.29) is 0 Å². The summed E-state index contributed by atoms with van der Waals surface area (Å²) >= 11 is 0. The molecule has 1 aliphatic carbocycles. The molecule has 0 atom stereocenters. The molecule has 0 amide bonds. The van der Waals surface area contributed by atoms with Crippen molar-refractivity contribution in [3.63, 3.8) is 0 Å². The first-order chi connectivity index (χ1) is 9.26. The van der Waals surface area contributed by atoms with E-state index in [1.165, 1.54) is 51.7 Å². The quantitative estimate of drug-likeness (QED) is 0.881. The van der Waals surface area contributed by atoms with Gasteiger partial charge in [-0.2, -0.15) is 0 Å². The highest BCUT2D eigenvalue weighted by molar-refractivity contribution is 5.03. The zero-order valence-electron chi connectivity index (χ0n) is 11.9. The second-order valence-electron chi connectivity index (χ2n) is 6.07. The van der Waals surface area contributed by atoms with Gasteiger partial charge in [0.05, 0.1) is 5.69 Å². The number of nitrogens with one attached hydrogen (secondary N) is 1. The summed E-state index contributed by atoms with van der Waals surface area (Å²) in [6, 6.07) is 2.05. The average molecular weight is 260 g/mol. The molecule has 4 nitrogen and oxygen atoms in total. The van der Waals surface area contributed by atoms with Crippen LogP contribution in [0.3, 0.4) is 0 Å². The smallest absolute Gasteiger partial charge is 0.125 e. The van der Waals surface area contributed by atoms with E-state index in [1.54, 1.807) is 0 Å². The van der Waals surface area contributed by atoms with E-state index in [4.69, 9.17) is 0 Å². The number of hydrogen-bond acceptors (Lipinski definition) is 4. The Labute approximate surface area is 115 Å². The predicted molar refractivity (Wildman–Crippen MR) is 75.9 cm³/mol. The molecule has 2 heterocycles. The molecule has 4 heteroatoms. The number of nitrogens with zero attached hydrogens (tertiary/aromatic N) is 3. The van der Waals surface area contributed by atoms with Crippen molar-refractivity contribution in [1.82, 2.24) is 20.2 Å². The first-order valence-electron chi connectivity index (χ1n) is 7.52. The summed E-state index contributed by atoms with van der Waals surface area (Å²) in [5.41, 5.74) is 1.54. The van der Waals surface area contributed by atoms with E-state index < -0.39 is 0 Å². The minimum absolute atomic E-state index is 0.387. The Balaban J connectivity index is 1.69. The fraction of sp³-hybridized carbons (Fsp3) is 0.733. The lowest BCUT2D eigenvalue weighted by Gasteiger charge is -2.33. The van der Waals surface area contributed by atoms with E-state index in [0.717, 1.165) is 18.1 Å². The zero-order valence-corrected chi connectivity index (χ0v) is 11.9. The number of aryl methyl sites for hydroxylation is 1.